The monoisotopic (exact) mass is 180 g/mol. The molecule has 0 aromatic rings. The number of halogens is 1. The van der Waals surface area contributed by atoms with Crippen LogP contribution in [0.2, 0.25) is 0 Å². The van der Waals surface area contributed by atoms with Gasteiger partial charge in [-0.2, -0.15) is 8.42 Å². The molecule has 0 heterocycles. The van der Waals surface area contributed by atoms with Crippen LogP contribution >= 0.6 is 0 Å². The van der Waals surface area contributed by atoms with Gasteiger partial charge in [0.25, 0.3) is 0 Å². The lowest BCUT2D eigenvalue weighted by molar-refractivity contribution is 0.390. The van der Waals surface area contributed by atoms with Crippen LogP contribution in [0.1, 0.15) is 26.7 Å². The minimum Gasteiger partial charge on any atom is -0.195 e. The fourth-order valence-electron chi connectivity index (χ4n) is 1.39. The van der Waals surface area contributed by atoms with Gasteiger partial charge in [-0.1, -0.05) is 13.8 Å². The Morgan fingerprint density at radius 3 is 2.00 bits per heavy atom. The van der Waals surface area contributed by atoms with Gasteiger partial charge in [-0.15, -0.1) is 3.89 Å². The molecule has 0 unspecified atom stereocenters. The molecule has 0 amide bonds. The third kappa shape index (κ3) is 2.15. The molecule has 1 rings (SSSR count). The van der Waals surface area contributed by atoms with E-state index in [0.29, 0.717) is 0 Å². The van der Waals surface area contributed by atoms with Gasteiger partial charge in [0.15, 0.2) is 0 Å². The van der Waals surface area contributed by atoms with Crippen molar-refractivity contribution in [3.8, 4) is 0 Å². The molecule has 0 bridgehead atoms. The maximum absolute atomic E-state index is 12.3. The fourth-order valence-corrected chi connectivity index (χ4v) is 2.70. The lowest BCUT2D eigenvalue weighted by atomic mass is 9.95. The van der Waals surface area contributed by atoms with E-state index in [4.69, 9.17) is 0 Å². The Labute approximate surface area is 67.0 Å². The van der Waals surface area contributed by atoms with Crippen molar-refractivity contribution in [1.82, 2.24) is 0 Å². The van der Waals surface area contributed by atoms with Crippen LogP contribution in [-0.4, -0.2) is 14.2 Å². The maximum Gasteiger partial charge on any atom is 0.302 e. The van der Waals surface area contributed by atoms with Crippen molar-refractivity contribution in [3.05, 3.63) is 0 Å². The number of hydrogen-bond acceptors (Lipinski definition) is 2. The summed E-state index contributed by atoms with van der Waals surface area (Å²) in [6.07, 6.45) is 1.71. The molecule has 0 aromatic heterocycles. The van der Waals surface area contributed by atoms with Crippen LogP contribution in [0.25, 0.3) is 0 Å². The molecule has 0 atom stereocenters. The third-order valence-electron chi connectivity index (χ3n) is 2.58. The molecule has 1 saturated carbocycles. The molecule has 0 N–H and O–H groups in total. The van der Waals surface area contributed by atoms with Crippen LogP contribution in [0, 0.1) is 11.3 Å². The van der Waals surface area contributed by atoms with E-state index < -0.39 is 10.2 Å². The molecule has 0 spiro atoms. The van der Waals surface area contributed by atoms with E-state index in [1.165, 1.54) is 0 Å². The summed E-state index contributed by atoms with van der Waals surface area (Å²) in [5.41, 5.74) is -0.229. The van der Waals surface area contributed by atoms with Crippen molar-refractivity contribution in [2.45, 2.75) is 26.7 Å². The minimum absolute atomic E-state index is 0.229. The van der Waals surface area contributed by atoms with Crippen LogP contribution in [0.5, 0.6) is 0 Å². The van der Waals surface area contributed by atoms with E-state index in [2.05, 4.69) is 0 Å². The van der Waals surface area contributed by atoms with E-state index >= 15 is 0 Å². The highest BCUT2D eigenvalue weighted by Gasteiger charge is 2.48. The lowest BCUT2D eigenvalue weighted by Gasteiger charge is -2.16. The SMILES string of the molecule is CC(C)C1(CS(=O)(=O)F)CC1. The molecule has 0 aliphatic heterocycles. The van der Waals surface area contributed by atoms with Gasteiger partial charge in [0, 0.05) is 0 Å². The first-order chi connectivity index (χ1) is 4.86. The normalized spacial score (nSPS) is 22.2. The van der Waals surface area contributed by atoms with Gasteiger partial charge >= 0.3 is 10.2 Å². The highest BCUT2D eigenvalue weighted by atomic mass is 32.3. The summed E-state index contributed by atoms with van der Waals surface area (Å²) in [6.45, 7) is 3.89. The molecule has 0 aromatic carbocycles. The predicted molar refractivity (Wildman–Crippen MR) is 41.4 cm³/mol. The van der Waals surface area contributed by atoms with E-state index in [1.54, 1.807) is 0 Å². The van der Waals surface area contributed by atoms with Gasteiger partial charge in [-0.25, -0.2) is 0 Å². The van der Waals surface area contributed by atoms with E-state index in [9.17, 15) is 12.3 Å². The average molecular weight is 180 g/mol. The molecule has 1 aliphatic carbocycles. The second-order valence-corrected chi connectivity index (χ2v) is 5.07. The summed E-state index contributed by atoms with van der Waals surface area (Å²) in [5.74, 6) is -0.00877. The number of hydrogen-bond donors (Lipinski definition) is 0. The Kier molecular flexibility index (Phi) is 1.99. The van der Waals surface area contributed by atoms with Crippen LogP contribution in [-0.2, 0) is 10.2 Å². The van der Waals surface area contributed by atoms with E-state index in [-0.39, 0.29) is 17.1 Å². The summed E-state index contributed by atoms with van der Waals surface area (Å²) in [5, 5.41) is 0. The fraction of sp³-hybridized carbons (Fsp3) is 1.00. The summed E-state index contributed by atoms with van der Waals surface area (Å²) in [6, 6.07) is 0. The molecule has 1 fully saturated rings. The summed E-state index contributed by atoms with van der Waals surface area (Å²) in [7, 11) is -4.26. The van der Waals surface area contributed by atoms with Crippen LogP contribution in [0.3, 0.4) is 0 Å². The van der Waals surface area contributed by atoms with Gasteiger partial charge in [-0.3, -0.25) is 0 Å². The van der Waals surface area contributed by atoms with Gasteiger partial charge < -0.3 is 0 Å². The molecule has 2 nitrogen and oxygen atoms in total. The second-order valence-electron chi connectivity index (χ2n) is 3.70. The Morgan fingerprint density at radius 2 is 1.91 bits per heavy atom. The van der Waals surface area contributed by atoms with Crippen molar-refractivity contribution in [2.24, 2.45) is 11.3 Å². The van der Waals surface area contributed by atoms with Crippen LogP contribution in [0.4, 0.5) is 3.89 Å². The first kappa shape index (κ1) is 8.97. The third-order valence-corrected chi connectivity index (χ3v) is 3.50. The average Bonchev–Trinajstić information content (AvgIpc) is 2.43. The highest BCUT2D eigenvalue weighted by Crippen LogP contribution is 2.52. The second kappa shape index (κ2) is 2.44. The zero-order valence-corrected chi connectivity index (χ0v) is 7.62. The van der Waals surface area contributed by atoms with Crippen LogP contribution < -0.4 is 0 Å². The number of rotatable bonds is 3. The van der Waals surface area contributed by atoms with Gasteiger partial charge in [0.05, 0.1) is 5.75 Å². The molecule has 0 radical (unpaired) electrons. The van der Waals surface area contributed by atoms with Crippen molar-refractivity contribution >= 4 is 10.2 Å². The topological polar surface area (TPSA) is 34.1 Å². The van der Waals surface area contributed by atoms with E-state index in [0.717, 1.165) is 12.8 Å². The van der Waals surface area contributed by atoms with Crippen molar-refractivity contribution < 1.29 is 12.3 Å². The quantitative estimate of drug-likeness (QED) is 0.620. The predicted octanol–water partition coefficient (Wildman–Crippen LogP) is 1.72. The molecular formula is C7H13FO2S. The summed E-state index contributed by atoms with van der Waals surface area (Å²) < 4.78 is 32.9. The Balaban J connectivity index is 2.63. The lowest BCUT2D eigenvalue weighted by Crippen LogP contribution is -2.19. The summed E-state index contributed by atoms with van der Waals surface area (Å²) >= 11 is 0. The maximum atomic E-state index is 12.3. The van der Waals surface area contributed by atoms with Crippen molar-refractivity contribution in [2.75, 3.05) is 5.75 Å². The zero-order valence-electron chi connectivity index (χ0n) is 6.80. The molecule has 1 aliphatic rings. The molecule has 66 valence electrons. The Hall–Kier alpha value is -0.120. The molecule has 0 saturated heterocycles. The molecule has 11 heavy (non-hydrogen) atoms. The summed E-state index contributed by atoms with van der Waals surface area (Å²) in [4.78, 5) is 0. The zero-order chi connectivity index (χ0) is 8.70. The Morgan fingerprint density at radius 1 is 1.45 bits per heavy atom. The largest absolute Gasteiger partial charge is 0.302 e. The first-order valence-corrected chi connectivity index (χ1v) is 5.33. The Bertz CT molecular complexity index is 239. The smallest absolute Gasteiger partial charge is 0.195 e. The van der Waals surface area contributed by atoms with E-state index in [1.807, 2.05) is 13.8 Å². The first-order valence-electron chi connectivity index (χ1n) is 3.78. The minimum atomic E-state index is -4.26. The van der Waals surface area contributed by atoms with Crippen molar-refractivity contribution in [3.63, 3.8) is 0 Å². The van der Waals surface area contributed by atoms with Crippen molar-refractivity contribution in [1.29, 1.82) is 0 Å². The van der Waals surface area contributed by atoms with Gasteiger partial charge in [0.2, 0.25) is 0 Å². The molecular weight excluding hydrogens is 167 g/mol. The van der Waals surface area contributed by atoms with Gasteiger partial charge in [-0.05, 0) is 24.2 Å². The van der Waals surface area contributed by atoms with Crippen LogP contribution in [0.15, 0.2) is 0 Å². The van der Waals surface area contributed by atoms with Gasteiger partial charge in [0.1, 0.15) is 0 Å². The highest BCUT2D eigenvalue weighted by molar-refractivity contribution is 7.86. The molecule has 4 heteroatoms. The standard InChI is InChI=1S/C7H13FO2S/c1-6(2)7(3-4-7)5-11(8,9)10/h6H,3-5H2,1-2H3.